The van der Waals surface area contributed by atoms with Gasteiger partial charge in [0, 0.05) is 4.47 Å². The maximum Gasteiger partial charge on any atom is 0.277 e. The minimum atomic E-state index is -3.90. The van der Waals surface area contributed by atoms with Crippen LogP contribution in [0.15, 0.2) is 44.4 Å². The van der Waals surface area contributed by atoms with Crippen LogP contribution < -0.4 is 9.46 Å². The van der Waals surface area contributed by atoms with E-state index in [1.807, 2.05) is 4.72 Å². The number of halogens is 1. The summed E-state index contributed by atoms with van der Waals surface area (Å²) < 4.78 is 32.1. The molecule has 0 radical (unpaired) electrons. The van der Waals surface area contributed by atoms with E-state index in [1.165, 1.54) is 7.11 Å². The summed E-state index contributed by atoms with van der Waals surface area (Å²) in [5.74, 6) is -0.364. The average molecular weight is 390 g/mol. The second kappa shape index (κ2) is 6.59. The summed E-state index contributed by atoms with van der Waals surface area (Å²) in [4.78, 5) is 11.9. The molecule has 0 aliphatic heterocycles. The molecule has 0 saturated carbocycles. The summed E-state index contributed by atoms with van der Waals surface area (Å²) in [6, 6.07) is 8.63. The molecule has 1 amide bonds. The van der Waals surface area contributed by atoms with Crippen LogP contribution in [0.1, 0.15) is 5.56 Å². The van der Waals surface area contributed by atoms with Crippen molar-refractivity contribution in [3.8, 4) is 5.75 Å². The smallest absolute Gasteiger partial charge is 0.277 e. The predicted molar refractivity (Wildman–Crippen MR) is 84.0 cm³/mol. The quantitative estimate of drug-likeness (QED) is 0.852. The molecule has 21 heavy (non-hydrogen) atoms. The van der Waals surface area contributed by atoms with E-state index in [0.29, 0.717) is 0 Å². The molecule has 2 aromatic rings. The van der Waals surface area contributed by atoms with Gasteiger partial charge < -0.3 is 4.74 Å². The van der Waals surface area contributed by atoms with Crippen molar-refractivity contribution < 1.29 is 17.9 Å². The number of carbonyl (C=O) groups is 1. The highest BCUT2D eigenvalue weighted by Crippen LogP contribution is 2.29. The maximum absolute atomic E-state index is 12.1. The molecule has 1 aromatic heterocycles. The molecule has 1 heterocycles. The van der Waals surface area contributed by atoms with Gasteiger partial charge in [-0.05, 0) is 29.1 Å². The monoisotopic (exact) mass is 389 g/mol. The van der Waals surface area contributed by atoms with Crippen molar-refractivity contribution in [1.29, 1.82) is 0 Å². The van der Waals surface area contributed by atoms with E-state index < -0.39 is 15.9 Å². The fourth-order valence-corrected chi connectivity index (χ4v) is 4.18. The molecule has 1 aromatic carbocycles. The van der Waals surface area contributed by atoms with Crippen molar-refractivity contribution >= 4 is 43.2 Å². The number of benzene rings is 1. The fourth-order valence-electron chi connectivity index (χ4n) is 1.65. The number of ether oxygens (including phenoxy) is 1. The fraction of sp³-hybridized carbons (Fsp3) is 0.154. The van der Waals surface area contributed by atoms with E-state index in [2.05, 4.69) is 15.9 Å². The van der Waals surface area contributed by atoms with Crippen LogP contribution in [0.5, 0.6) is 5.75 Å². The lowest BCUT2D eigenvalue weighted by Gasteiger charge is -2.07. The van der Waals surface area contributed by atoms with Gasteiger partial charge in [0.15, 0.2) is 4.21 Å². The lowest BCUT2D eigenvalue weighted by Crippen LogP contribution is -2.31. The minimum absolute atomic E-state index is 0.00541. The van der Waals surface area contributed by atoms with Crippen LogP contribution in [-0.2, 0) is 21.2 Å². The third-order valence-electron chi connectivity index (χ3n) is 2.59. The summed E-state index contributed by atoms with van der Waals surface area (Å²) in [7, 11) is -2.52. The molecule has 112 valence electrons. The highest BCUT2D eigenvalue weighted by molar-refractivity contribution is 9.10. The summed E-state index contributed by atoms with van der Waals surface area (Å²) in [6.45, 7) is 0. The van der Waals surface area contributed by atoms with Crippen molar-refractivity contribution in [2.75, 3.05) is 7.11 Å². The van der Waals surface area contributed by atoms with Crippen molar-refractivity contribution in [2.24, 2.45) is 0 Å². The number of amides is 1. The number of carbonyl (C=O) groups excluding carboxylic acids is 1. The maximum atomic E-state index is 12.1. The molecule has 0 aliphatic rings. The van der Waals surface area contributed by atoms with Crippen molar-refractivity contribution in [3.63, 3.8) is 0 Å². The molecule has 2 rings (SSSR count). The summed E-state index contributed by atoms with van der Waals surface area (Å²) in [5.41, 5.74) is 0.726. The van der Waals surface area contributed by atoms with Crippen molar-refractivity contribution in [2.45, 2.75) is 10.6 Å². The first-order chi connectivity index (χ1) is 9.92. The molecule has 0 aliphatic carbocycles. The number of hydrogen-bond acceptors (Lipinski definition) is 5. The first kappa shape index (κ1) is 16.0. The molecule has 0 bridgehead atoms. The number of thiophene rings is 1. The van der Waals surface area contributed by atoms with Gasteiger partial charge in [-0.15, -0.1) is 11.3 Å². The molecule has 1 N–H and O–H groups in total. The topological polar surface area (TPSA) is 72.5 Å². The standard InChI is InChI=1S/C13H12BrNO4S2/c1-19-11-6-7-20-13(11)21(17,18)15-12(16)8-9-2-4-10(14)5-3-9/h2-7H,8H2,1H3,(H,15,16). The summed E-state index contributed by atoms with van der Waals surface area (Å²) >= 11 is 4.29. The van der Waals surface area contributed by atoms with E-state index >= 15 is 0 Å². The van der Waals surface area contributed by atoms with Crippen LogP contribution in [0.4, 0.5) is 0 Å². The van der Waals surface area contributed by atoms with Gasteiger partial charge in [-0.2, -0.15) is 0 Å². The van der Waals surface area contributed by atoms with E-state index in [-0.39, 0.29) is 16.4 Å². The first-order valence-electron chi connectivity index (χ1n) is 5.84. The third kappa shape index (κ3) is 4.05. The summed E-state index contributed by atoms with van der Waals surface area (Å²) in [6.07, 6.45) is -0.0137. The minimum Gasteiger partial charge on any atom is -0.494 e. The molecule has 0 saturated heterocycles. The lowest BCUT2D eigenvalue weighted by atomic mass is 10.1. The number of methoxy groups -OCH3 is 1. The zero-order valence-corrected chi connectivity index (χ0v) is 14.2. The molecule has 0 atom stereocenters. The highest BCUT2D eigenvalue weighted by Gasteiger charge is 2.23. The first-order valence-corrected chi connectivity index (χ1v) is 8.99. The van der Waals surface area contributed by atoms with Gasteiger partial charge in [-0.25, -0.2) is 13.1 Å². The van der Waals surface area contributed by atoms with Crippen LogP contribution in [0.25, 0.3) is 0 Å². The number of hydrogen-bond donors (Lipinski definition) is 1. The molecular weight excluding hydrogens is 378 g/mol. The largest absolute Gasteiger partial charge is 0.494 e. The van der Waals surface area contributed by atoms with Gasteiger partial charge in [-0.3, -0.25) is 4.79 Å². The van der Waals surface area contributed by atoms with E-state index in [4.69, 9.17) is 4.74 Å². The normalized spacial score (nSPS) is 11.1. The van der Waals surface area contributed by atoms with Gasteiger partial charge in [0.25, 0.3) is 10.0 Å². The van der Waals surface area contributed by atoms with Crippen LogP contribution in [0, 0.1) is 0 Å². The van der Waals surface area contributed by atoms with Crippen LogP contribution >= 0.6 is 27.3 Å². The second-order valence-electron chi connectivity index (χ2n) is 4.11. The van der Waals surface area contributed by atoms with E-state index in [1.54, 1.807) is 35.7 Å². The lowest BCUT2D eigenvalue weighted by molar-refractivity contribution is -0.118. The number of sulfonamides is 1. The molecule has 8 heteroatoms. The van der Waals surface area contributed by atoms with E-state index in [9.17, 15) is 13.2 Å². The molecule has 0 spiro atoms. The van der Waals surface area contributed by atoms with Gasteiger partial charge in [-0.1, -0.05) is 28.1 Å². The number of rotatable bonds is 5. The molecular formula is C13H12BrNO4S2. The van der Waals surface area contributed by atoms with Gasteiger partial charge in [0.1, 0.15) is 5.75 Å². The molecule has 0 fully saturated rings. The zero-order valence-electron chi connectivity index (χ0n) is 11.0. The Morgan fingerprint density at radius 2 is 1.95 bits per heavy atom. The predicted octanol–water partition coefficient (Wildman–Crippen LogP) is 2.57. The Labute approximate surface area is 135 Å². The van der Waals surface area contributed by atoms with Crippen LogP contribution in [0.2, 0.25) is 0 Å². The molecule has 5 nitrogen and oxygen atoms in total. The van der Waals surface area contributed by atoms with Crippen LogP contribution in [0.3, 0.4) is 0 Å². The van der Waals surface area contributed by atoms with Gasteiger partial charge >= 0.3 is 0 Å². The highest BCUT2D eigenvalue weighted by atomic mass is 79.9. The number of nitrogens with one attached hydrogen (secondary N) is 1. The zero-order chi connectivity index (χ0) is 15.5. The Kier molecular flexibility index (Phi) is 5.02. The SMILES string of the molecule is COc1ccsc1S(=O)(=O)NC(=O)Cc1ccc(Br)cc1. The van der Waals surface area contributed by atoms with Crippen molar-refractivity contribution in [1.82, 2.24) is 4.72 Å². The van der Waals surface area contributed by atoms with Crippen LogP contribution in [-0.4, -0.2) is 21.4 Å². The van der Waals surface area contributed by atoms with Gasteiger partial charge in [0.05, 0.1) is 13.5 Å². The summed E-state index contributed by atoms with van der Waals surface area (Å²) in [5, 5.41) is 1.59. The Bertz CT molecular complexity index is 738. The second-order valence-corrected chi connectivity index (χ2v) is 7.82. The Hall–Kier alpha value is -1.38. The van der Waals surface area contributed by atoms with Crippen molar-refractivity contribution in [3.05, 3.63) is 45.7 Å². The Balaban J connectivity index is 2.10. The Morgan fingerprint density at radius 1 is 1.29 bits per heavy atom. The third-order valence-corrected chi connectivity index (χ3v) is 5.93. The average Bonchev–Trinajstić information content (AvgIpc) is 2.90. The van der Waals surface area contributed by atoms with E-state index in [0.717, 1.165) is 21.4 Å². The Morgan fingerprint density at radius 3 is 2.57 bits per heavy atom. The van der Waals surface area contributed by atoms with Gasteiger partial charge in [0.2, 0.25) is 5.91 Å². The molecule has 0 unspecified atom stereocenters.